The van der Waals surface area contributed by atoms with Gasteiger partial charge in [-0.3, -0.25) is 0 Å². The molecular weight excluding hydrogens is 308 g/mol. The van der Waals surface area contributed by atoms with Crippen molar-refractivity contribution in [1.29, 1.82) is 0 Å². The average molecular weight is 319 g/mol. The van der Waals surface area contributed by atoms with Crippen LogP contribution in [0.1, 0.15) is 0 Å². The van der Waals surface area contributed by atoms with Crippen molar-refractivity contribution in [2.45, 2.75) is 0 Å². The van der Waals surface area contributed by atoms with Crippen molar-refractivity contribution >= 4 is 32.8 Å². The molecular formula is C13H11BrN4O. The van der Waals surface area contributed by atoms with Gasteiger partial charge >= 0.3 is 0 Å². The Balaban J connectivity index is 2.17. The lowest BCUT2D eigenvalue weighted by atomic mass is 10.2. The van der Waals surface area contributed by atoms with Crippen LogP contribution in [0.3, 0.4) is 0 Å². The molecule has 0 saturated heterocycles. The van der Waals surface area contributed by atoms with E-state index in [4.69, 9.17) is 10.5 Å². The van der Waals surface area contributed by atoms with Crippen molar-refractivity contribution in [2.24, 2.45) is 0 Å². The van der Waals surface area contributed by atoms with Crippen molar-refractivity contribution in [2.75, 3.05) is 12.8 Å². The third kappa shape index (κ3) is 2.15. The number of hydrogen-bond donors (Lipinski definition) is 2. The van der Waals surface area contributed by atoms with Crippen molar-refractivity contribution in [3.63, 3.8) is 0 Å². The Bertz CT molecular complexity index is 753. The zero-order chi connectivity index (χ0) is 13.4. The third-order valence-corrected chi connectivity index (χ3v) is 3.29. The molecule has 1 aromatic carbocycles. The summed E-state index contributed by atoms with van der Waals surface area (Å²) in [7, 11) is 1.58. The minimum Gasteiger partial charge on any atom is -0.481 e. The molecule has 5 nitrogen and oxygen atoms in total. The van der Waals surface area contributed by atoms with Crippen LogP contribution in [0.4, 0.5) is 5.69 Å². The van der Waals surface area contributed by atoms with Crippen molar-refractivity contribution in [3.05, 3.63) is 34.8 Å². The summed E-state index contributed by atoms with van der Waals surface area (Å²) in [4.78, 5) is 11.9. The van der Waals surface area contributed by atoms with Crippen molar-refractivity contribution in [3.8, 4) is 17.3 Å². The zero-order valence-corrected chi connectivity index (χ0v) is 11.7. The summed E-state index contributed by atoms with van der Waals surface area (Å²) < 4.78 is 6.03. The summed E-state index contributed by atoms with van der Waals surface area (Å²) in [6.45, 7) is 0. The normalized spacial score (nSPS) is 10.8. The average Bonchev–Trinajstić information content (AvgIpc) is 2.83. The fraction of sp³-hybridized carbons (Fsp3) is 0.0769. The number of nitrogen functional groups attached to an aromatic ring is 1. The number of aromatic nitrogens is 3. The number of methoxy groups -OCH3 is 1. The van der Waals surface area contributed by atoms with Gasteiger partial charge in [0.25, 0.3) is 0 Å². The highest BCUT2D eigenvalue weighted by Gasteiger charge is 2.10. The smallest absolute Gasteiger partial charge is 0.215 e. The van der Waals surface area contributed by atoms with Crippen LogP contribution in [0.15, 0.2) is 34.8 Å². The summed E-state index contributed by atoms with van der Waals surface area (Å²) in [6.07, 6.45) is 0. The number of hydrogen-bond acceptors (Lipinski definition) is 4. The minimum atomic E-state index is 0.535. The highest BCUT2D eigenvalue weighted by Crippen LogP contribution is 2.28. The number of nitrogens with zero attached hydrogens (tertiary/aromatic N) is 2. The van der Waals surface area contributed by atoms with E-state index in [-0.39, 0.29) is 0 Å². The number of nitrogens with two attached hydrogens (primary N) is 1. The fourth-order valence-corrected chi connectivity index (χ4v) is 2.21. The molecule has 6 heteroatoms. The molecule has 2 aromatic heterocycles. The number of aromatic amines is 1. The van der Waals surface area contributed by atoms with Gasteiger partial charge in [0.2, 0.25) is 5.88 Å². The number of imidazole rings is 1. The topological polar surface area (TPSA) is 76.8 Å². The summed E-state index contributed by atoms with van der Waals surface area (Å²) in [5.74, 6) is 1.22. The summed E-state index contributed by atoms with van der Waals surface area (Å²) in [5.41, 5.74) is 8.92. The minimum absolute atomic E-state index is 0.535. The van der Waals surface area contributed by atoms with Gasteiger partial charge < -0.3 is 15.5 Å². The molecule has 19 heavy (non-hydrogen) atoms. The molecule has 0 aliphatic heterocycles. The van der Waals surface area contributed by atoms with Crippen LogP contribution in [0.2, 0.25) is 0 Å². The highest BCUT2D eigenvalue weighted by atomic mass is 79.9. The molecule has 3 rings (SSSR count). The first kappa shape index (κ1) is 12.0. The van der Waals surface area contributed by atoms with Gasteiger partial charge in [0, 0.05) is 21.8 Å². The Morgan fingerprint density at radius 1 is 1.21 bits per heavy atom. The Morgan fingerprint density at radius 2 is 2.05 bits per heavy atom. The molecule has 0 aliphatic rings. The number of anilines is 1. The third-order valence-electron chi connectivity index (χ3n) is 2.80. The molecule has 0 amide bonds. The molecule has 0 radical (unpaired) electrons. The molecule has 0 spiro atoms. The second-order valence-corrected chi connectivity index (χ2v) is 4.96. The van der Waals surface area contributed by atoms with Crippen LogP contribution in [-0.2, 0) is 0 Å². The van der Waals surface area contributed by atoms with E-state index in [1.807, 2.05) is 24.3 Å². The monoisotopic (exact) mass is 318 g/mol. The van der Waals surface area contributed by atoms with Gasteiger partial charge in [0.15, 0.2) is 5.65 Å². The molecule has 0 bridgehead atoms. The Morgan fingerprint density at radius 3 is 2.84 bits per heavy atom. The standard InChI is InChI=1S/C13H11BrN4O/c1-19-11-5-4-10-13(17-11)18-12(16-10)8-6-7(14)2-3-9(8)15/h2-6H,15H2,1H3,(H,16,17,18). The maximum atomic E-state index is 5.97. The molecule has 3 aromatic rings. The second-order valence-electron chi connectivity index (χ2n) is 4.04. The molecule has 2 heterocycles. The Labute approximate surface area is 118 Å². The van der Waals surface area contributed by atoms with Crippen LogP contribution in [-0.4, -0.2) is 22.1 Å². The molecule has 0 fully saturated rings. The number of halogens is 1. The molecule has 0 atom stereocenters. The molecule has 0 saturated carbocycles. The van der Waals surface area contributed by atoms with E-state index in [9.17, 15) is 0 Å². The van der Waals surface area contributed by atoms with Crippen LogP contribution in [0.25, 0.3) is 22.6 Å². The number of H-pyrrole nitrogens is 1. The number of ether oxygens (including phenoxy) is 1. The number of benzene rings is 1. The lowest BCUT2D eigenvalue weighted by molar-refractivity contribution is 0.399. The van der Waals surface area contributed by atoms with Crippen LogP contribution in [0, 0.1) is 0 Å². The van der Waals surface area contributed by atoms with E-state index in [0.717, 1.165) is 15.6 Å². The van der Waals surface area contributed by atoms with Gasteiger partial charge in [-0.1, -0.05) is 15.9 Å². The predicted octanol–water partition coefficient (Wildman–Crippen LogP) is 2.98. The fourth-order valence-electron chi connectivity index (χ4n) is 1.85. The van der Waals surface area contributed by atoms with E-state index in [2.05, 4.69) is 30.9 Å². The van der Waals surface area contributed by atoms with Crippen LogP contribution < -0.4 is 10.5 Å². The molecule has 3 N–H and O–H groups in total. The van der Waals surface area contributed by atoms with E-state index >= 15 is 0 Å². The first-order valence-corrected chi connectivity index (χ1v) is 6.43. The molecule has 0 aliphatic carbocycles. The highest BCUT2D eigenvalue weighted by molar-refractivity contribution is 9.10. The van der Waals surface area contributed by atoms with Crippen LogP contribution >= 0.6 is 15.9 Å². The largest absolute Gasteiger partial charge is 0.481 e. The van der Waals surface area contributed by atoms with Gasteiger partial charge in [-0.25, -0.2) is 4.98 Å². The summed E-state index contributed by atoms with van der Waals surface area (Å²) in [5, 5.41) is 0. The number of nitrogens with one attached hydrogen (secondary N) is 1. The summed E-state index contributed by atoms with van der Waals surface area (Å²) in [6, 6.07) is 9.31. The van der Waals surface area contributed by atoms with Gasteiger partial charge in [0.05, 0.1) is 12.6 Å². The number of rotatable bonds is 2. The van der Waals surface area contributed by atoms with E-state index in [1.54, 1.807) is 13.2 Å². The number of fused-ring (bicyclic) bond motifs is 1. The predicted molar refractivity (Wildman–Crippen MR) is 78.0 cm³/mol. The molecule has 96 valence electrons. The summed E-state index contributed by atoms with van der Waals surface area (Å²) >= 11 is 3.43. The first-order chi connectivity index (χ1) is 9.17. The van der Waals surface area contributed by atoms with Crippen LogP contribution in [0.5, 0.6) is 5.88 Å². The van der Waals surface area contributed by atoms with Crippen molar-refractivity contribution < 1.29 is 4.74 Å². The van der Waals surface area contributed by atoms with E-state index in [0.29, 0.717) is 23.0 Å². The van der Waals surface area contributed by atoms with E-state index < -0.39 is 0 Å². The van der Waals surface area contributed by atoms with Gasteiger partial charge in [-0.05, 0) is 24.3 Å². The quantitative estimate of drug-likeness (QED) is 0.712. The first-order valence-electron chi connectivity index (χ1n) is 5.63. The molecule has 0 unspecified atom stereocenters. The zero-order valence-electron chi connectivity index (χ0n) is 10.1. The van der Waals surface area contributed by atoms with Crippen molar-refractivity contribution in [1.82, 2.24) is 15.0 Å². The van der Waals surface area contributed by atoms with Gasteiger partial charge in [0.1, 0.15) is 5.82 Å². The SMILES string of the molecule is COc1ccc2[nH]c(-c3cc(Br)ccc3N)nc2n1. The maximum Gasteiger partial charge on any atom is 0.215 e. The second kappa shape index (κ2) is 4.55. The Kier molecular flexibility index (Phi) is 2.87. The lowest BCUT2D eigenvalue weighted by Gasteiger charge is -2.02. The van der Waals surface area contributed by atoms with Gasteiger partial charge in [-0.2, -0.15) is 4.98 Å². The number of pyridine rings is 1. The Hall–Kier alpha value is -2.08. The lowest BCUT2D eigenvalue weighted by Crippen LogP contribution is -1.91. The maximum absolute atomic E-state index is 5.97. The van der Waals surface area contributed by atoms with E-state index in [1.165, 1.54) is 0 Å². The van der Waals surface area contributed by atoms with Gasteiger partial charge in [-0.15, -0.1) is 0 Å².